The predicted octanol–water partition coefficient (Wildman–Crippen LogP) is 17.5. The minimum absolute atomic E-state index is 0.0461. The molecule has 15 rings (SSSR count). The summed E-state index contributed by atoms with van der Waals surface area (Å²) in [5, 5.41) is 8.56. The third-order valence-electron chi connectivity index (χ3n) is 18.3. The van der Waals surface area contributed by atoms with Gasteiger partial charge in [0, 0.05) is 11.8 Å². The zero-order valence-corrected chi connectivity index (χ0v) is 43.2. The first-order valence-electron chi connectivity index (χ1n) is 27.1. The van der Waals surface area contributed by atoms with Crippen LogP contribution in [0.25, 0.3) is 88.4 Å². The van der Waals surface area contributed by atoms with E-state index in [1.165, 1.54) is 149 Å². The summed E-state index contributed by atoms with van der Waals surface area (Å²) in [6, 6.07) is 43.7. The summed E-state index contributed by atoms with van der Waals surface area (Å²) < 4.78 is 0. The van der Waals surface area contributed by atoms with Gasteiger partial charge in [0.1, 0.15) is 0 Å². The predicted molar refractivity (Wildman–Crippen MR) is 307 cm³/mol. The number of hydrogen-bond acceptors (Lipinski definition) is 0. The molecule has 72 heavy (non-hydrogen) atoms. The van der Waals surface area contributed by atoms with Gasteiger partial charge in [-0.2, -0.15) is 0 Å². The van der Waals surface area contributed by atoms with E-state index in [0.717, 1.165) is 32.1 Å². The van der Waals surface area contributed by atoms with Crippen molar-refractivity contribution in [3.8, 4) is 33.4 Å². The van der Waals surface area contributed by atoms with E-state index in [-0.39, 0.29) is 22.7 Å². The normalized spacial score (nSPS) is 20.9. The van der Waals surface area contributed by atoms with Crippen LogP contribution in [0.15, 0.2) is 168 Å². The molecule has 0 aliphatic heterocycles. The highest BCUT2D eigenvalue weighted by Gasteiger charge is 2.48. The summed E-state index contributed by atoms with van der Waals surface area (Å²) >= 11 is 0. The van der Waals surface area contributed by atoms with Crippen LogP contribution in [0.4, 0.5) is 0 Å². The van der Waals surface area contributed by atoms with E-state index in [0.29, 0.717) is 5.92 Å². The molecule has 0 radical (unpaired) electrons. The molecule has 3 unspecified atom stereocenters. The minimum atomic E-state index is 0.0461. The summed E-state index contributed by atoms with van der Waals surface area (Å²) in [6.45, 7) is 18.9. The molecular weight excluding hydrogens is 865 g/mol. The highest BCUT2D eigenvalue weighted by atomic mass is 14.5. The van der Waals surface area contributed by atoms with Gasteiger partial charge < -0.3 is 0 Å². The van der Waals surface area contributed by atoms with Crippen molar-refractivity contribution in [2.24, 2.45) is 17.8 Å². The van der Waals surface area contributed by atoms with Gasteiger partial charge in [-0.25, -0.2) is 0 Å². The fourth-order valence-electron chi connectivity index (χ4n) is 15.1. The highest BCUT2D eigenvalue weighted by Crippen LogP contribution is 2.65. The molecule has 0 bridgehead atoms. The molecule has 0 heterocycles. The zero-order chi connectivity index (χ0) is 48.7. The van der Waals surface area contributed by atoms with Crippen molar-refractivity contribution in [1.82, 2.24) is 0 Å². The van der Waals surface area contributed by atoms with Crippen molar-refractivity contribution in [1.29, 1.82) is 0 Å². The van der Waals surface area contributed by atoms with Crippen molar-refractivity contribution in [3.05, 3.63) is 223 Å². The molecule has 0 spiro atoms. The van der Waals surface area contributed by atoms with E-state index in [1.54, 1.807) is 11.1 Å². The number of benzene rings is 7. The standard InChI is InChI=1S/C72H62/c1-39-34-56-49-20-13-14-21-50(49)61-40(2)36-55(57(35-39)68(56)61)52-32-33-54-67-59(37-43-16-9-10-17-46(43)65(52)67)70-63(42-26-30-45(31-27-42)72(6,7)8)66-53-23-15-22-51-47-18-11-12-19-48(47)58(64(51)53)38-60(66)62(69(54)70)41-24-28-44(29-25-41)71(3,4)5/h10-11,13-15,17-18,20-35,37-38,40,65,67H,9,12,16,19,36H2,1-8H3. The molecule has 8 aliphatic rings. The van der Waals surface area contributed by atoms with E-state index in [9.17, 15) is 0 Å². The average molecular weight is 927 g/mol. The van der Waals surface area contributed by atoms with E-state index in [2.05, 4.69) is 207 Å². The summed E-state index contributed by atoms with van der Waals surface area (Å²) in [6.07, 6.45) is 23.1. The Bertz CT molecular complexity index is 4050. The maximum Gasteiger partial charge on any atom is 0.0212 e. The van der Waals surface area contributed by atoms with Crippen LogP contribution in [-0.2, 0) is 10.8 Å². The molecule has 3 atom stereocenters. The highest BCUT2D eigenvalue weighted by molar-refractivity contribution is 6.30. The third kappa shape index (κ3) is 5.76. The van der Waals surface area contributed by atoms with Gasteiger partial charge in [-0.3, -0.25) is 0 Å². The van der Waals surface area contributed by atoms with Crippen LogP contribution >= 0.6 is 0 Å². The first-order chi connectivity index (χ1) is 34.8. The number of aryl methyl sites for hydroxylation is 1. The summed E-state index contributed by atoms with van der Waals surface area (Å²) in [7, 11) is 0. The Morgan fingerprint density at radius 3 is 1.93 bits per heavy atom. The fraction of sp³-hybridized carbons (Fsp3) is 0.250. The monoisotopic (exact) mass is 926 g/mol. The lowest BCUT2D eigenvalue weighted by molar-refractivity contribution is 0.590. The molecule has 7 aromatic rings. The molecule has 0 saturated heterocycles. The lowest BCUT2D eigenvalue weighted by atomic mass is 9.63. The van der Waals surface area contributed by atoms with Crippen molar-refractivity contribution >= 4 is 55.0 Å². The van der Waals surface area contributed by atoms with E-state index < -0.39 is 0 Å². The molecule has 0 nitrogen and oxygen atoms in total. The van der Waals surface area contributed by atoms with Crippen LogP contribution in [-0.4, -0.2) is 0 Å². The summed E-state index contributed by atoms with van der Waals surface area (Å²) in [5.41, 5.74) is 33.3. The van der Waals surface area contributed by atoms with Crippen LogP contribution < -0.4 is 10.4 Å². The fourth-order valence-corrected chi connectivity index (χ4v) is 15.1. The van der Waals surface area contributed by atoms with Gasteiger partial charge in [-0.15, -0.1) is 0 Å². The quantitative estimate of drug-likeness (QED) is 0.155. The molecule has 0 fully saturated rings. The topological polar surface area (TPSA) is 0 Å². The Morgan fingerprint density at radius 1 is 0.514 bits per heavy atom. The van der Waals surface area contributed by atoms with Crippen LogP contribution in [0.3, 0.4) is 0 Å². The average Bonchev–Trinajstić information content (AvgIpc) is 4.02. The maximum absolute atomic E-state index is 2.71. The Balaban J connectivity index is 1.10. The van der Waals surface area contributed by atoms with Gasteiger partial charge in [-0.05, 0) is 222 Å². The lowest BCUT2D eigenvalue weighted by Gasteiger charge is -2.39. The number of rotatable bonds is 3. The Hall–Kier alpha value is -7.02. The molecule has 7 aromatic carbocycles. The van der Waals surface area contributed by atoms with Crippen LogP contribution in [0, 0.1) is 24.7 Å². The molecule has 0 amide bonds. The Kier molecular flexibility index (Phi) is 8.76. The van der Waals surface area contributed by atoms with Gasteiger partial charge >= 0.3 is 0 Å². The third-order valence-corrected chi connectivity index (χ3v) is 18.3. The number of hydrogen-bond donors (Lipinski definition) is 0. The zero-order valence-electron chi connectivity index (χ0n) is 43.2. The van der Waals surface area contributed by atoms with Crippen molar-refractivity contribution < 1.29 is 0 Å². The summed E-state index contributed by atoms with van der Waals surface area (Å²) in [5.74, 6) is 0.812. The van der Waals surface area contributed by atoms with Gasteiger partial charge in [0.05, 0.1) is 0 Å². The van der Waals surface area contributed by atoms with E-state index in [4.69, 9.17) is 0 Å². The minimum Gasteiger partial charge on any atom is -0.0839 e. The SMILES string of the molecule is Cc1cc2c3c(c1)=C(C1=CC=C4c5c(c(-c6ccc(C(C)(C)C)cc6)c6c(cc7c8c(cccc86)C6=C7CCC=C6)c5-c5ccc(C(C)(C)C)cc5)C5=CC6=C(C=CCC6)C1C45)CC(C)C=3c1ccccc1-2. The van der Waals surface area contributed by atoms with Crippen LogP contribution in [0.2, 0.25) is 0 Å². The first kappa shape index (κ1) is 42.6. The van der Waals surface area contributed by atoms with Gasteiger partial charge in [0.25, 0.3) is 0 Å². The van der Waals surface area contributed by atoms with Crippen molar-refractivity contribution in [2.45, 2.75) is 98.3 Å². The van der Waals surface area contributed by atoms with Gasteiger partial charge in [0.15, 0.2) is 0 Å². The number of allylic oxidation sites excluding steroid dienone is 14. The van der Waals surface area contributed by atoms with Crippen molar-refractivity contribution in [2.75, 3.05) is 0 Å². The van der Waals surface area contributed by atoms with Gasteiger partial charge in [0.2, 0.25) is 0 Å². The van der Waals surface area contributed by atoms with E-state index >= 15 is 0 Å². The Morgan fingerprint density at radius 2 is 1.18 bits per heavy atom. The second kappa shape index (κ2) is 14.8. The second-order valence-corrected chi connectivity index (χ2v) is 24.6. The van der Waals surface area contributed by atoms with E-state index in [1.807, 2.05) is 0 Å². The molecule has 8 aliphatic carbocycles. The first-order valence-corrected chi connectivity index (χ1v) is 27.1. The lowest BCUT2D eigenvalue weighted by Crippen LogP contribution is -2.37. The number of fused-ring (bicyclic) bond motifs is 11. The molecular formula is C72H62. The molecule has 0 aromatic heterocycles. The maximum atomic E-state index is 2.71. The Labute approximate surface area is 425 Å². The molecule has 350 valence electrons. The smallest absolute Gasteiger partial charge is 0.0212 e. The molecule has 0 heteroatoms. The van der Waals surface area contributed by atoms with Gasteiger partial charge in [-0.1, -0.05) is 194 Å². The largest absolute Gasteiger partial charge is 0.0839 e. The second-order valence-electron chi connectivity index (χ2n) is 24.6. The van der Waals surface area contributed by atoms with Crippen LogP contribution in [0.5, 0.6) is 0 Å². The van der Waals surface area contributed by atoms with Crippen molar-refractivity contribution in [3.63, 3.8) is 0 Å². The van der Waals surface area contributed by atoms with Crippen LogP contribution in [0.1, 0.15) is 125 Å². The molecule has 0 N–H and O–H groups in total. The summed E-state index contributed by atoms with van der Waals surface area (Å²) in [4.78, 5) is 0. The molecule has 0 saturated carbocycles.